The van der Waals surface area contributed by atoms with Crippen molar-refractivity contribution in [3.05, 3.63) is 12.7 Å². The maximum atomic E-state index is 3.71. The predicted octanol–water partition coefficient (Wildman–Crippen LogP) is 2.02. The van der Waals surface area contributed by atoms with Crippen molar-refractivity contribution < 1.29 is 0 Å². The smallest absolute Gasteiger partial charge is 0.0195 e. The van der Waals surface area contributed by atoms with Crippen LogP contribution in [-0.4, -0.2) is 36.6 Å². The van der Waals surface area contributed by atoms with Crippen molar-refractivity contribution in [2.45, 2.75) is 45.2 Å². The van der Waals surface area contributed by atoms with E-state index in [2.05, 4.69) is 30.6 Å². The molecular formula is C12H24N2. The van der Waals surface area contributed by atoms with Crippen LogP contribution in [0.1, 0.15) is 33.1 Å². The molecule has 1 aliphatic carbocycles. The highest BCUT2D eigenvalue weighted by Crippen LogP contribution is 2.28. The summed E-state index contributed by atoms with van der Waals surface area (Å²) in [7, 11) is 0. The monoisotopic (exact) mass is 196 g/mol. The summed E-state index contributed by atoms with van der Waals surface area (Å²) in [6.07, 6.45) is 6.01. The molecule has 0 heterocycles. The van der Waals surface area contributed by atoms with Gasteiger partial charge < -0.3 is 5.32 Å². The van der Waals surface area contributed by atoms with Crippen LogP contribution in [0.2, 0.25) is 0 Å². The van der Waals surface area contributed by atoms with Crippen LogP contribution in [-0.2, 0) is 0 Å². The number of nitrogens with zero attached hydrogens (tertiary/aromatic N) is 1. The van der Waals surface area contributed by atoms with Gasteiger partial charge in [-0.2, -0.15) is 0 Å². The van der Waals surface area contributed by atoms with E-state index in [4.69, 9.17) is 0 Å². The van der Waals surface area contributed by atoms with Crippen molar-refractivity contribution in [3.63, 3.8) is 0 Å². The van der Waals surface area contributed by atoms with E-state index >= 15 is 0 Å². The third-order valence-electron chi connectivity index (χ3n) is 2.79. The van der Waals surface area contributed by atoms with E-state index in [1.165, 1.54) is 25.8 Å². The largest absolute Gasteiger partial charge is 0.312 e. The Morgan fingerprint density at radius 3 is 2.79 bits per heavy atom. The SMILES string of the molecule is C=CCNCC(C)N(CCC)C1CC1. The van der Waals surface area contributed by atoms with Gasteiger partial charge in [0.25, 0.3) is 0 Å². The molecule has 1 fully saturated rings. The van der Waals surface area contributed by atoms with E-state index in [1.54, 1.807) is 0 Å². The number of hydrogen-bond donors (Lipinski definition) is 1. The van der Waals surface area contributed by atoms with E-state index < -0.39 is 0 Å². The molecule has 0 aromatic heterocycles. The fraction of sp³-hybridized carbons (Fsp3) is 0.833. The van der Waals surface area contributed by atoms with E-state index in [0.29, 0.717) is 6.04 Å². The first-order valence-corrected chi connectivity index (χ1v) is 5.87. The van der Waals surface area contributed by atoms with Gasteiger partial charge in [0.2, 0.25) is 0 Å². The van der Waals surface area contributed by atoms with Gasteiger partial charge in [-0.3, -0.25) is 4.90 Å². The highest BCUT2D eigenvalue weighted by atomic mass is 15.2. The van der Waals surface area contributed by atoms with Crippen molar-refractivity contribution >= 4 is 0 Å². The summed E-state index contributed by atoms with van der Waals surface area (Å²) in [6.45, 7) is 11.6. The van der Waals surface area contributed by atoms with Crippen LogP contribution < -0.4 is 5.32 Å². The Bertz CT molecular complexity index is 164. The van der Waals surface area contributed by atoms with Gasteiger partial charge in [-0.15, -0.1) is 6.58 Å². The molecule has 1 aliphatic rings. The van der Waals surface area contributed by atoms with E-state index in [9.17, 15) is 0 Å². The van der Waals surface area contributed by atoms with E-state index in [1.807, 2.05) is 6.08 Å². The van der Waals surface area contributed by atoms with Crippen molar-refractivity contribution in [3.8, 4) is 0 Å². The second-order valence-electron chi connectivity index (χ2n) is 4.26. The van der Waals surface area contributed by atoms with Crippen LogP contribution in [0, 0.1) is 0 Å². The van der Waals surface area contributed by atoms with Crippen LogP contribution >= 0.6 is 0 Å². The van der Waals surface area contributed by atoms with Crippen LogP contribution in [0.3, 0.4) is 0 Å². The first-order chi connectivity index (χ1) is 6.79. The van der Waals surface area contributed by atoms with Crippen molar-refractivity contribution in [1.82, 2.24) is 10.2 Å². The van der Waals surface area contributed by atoms with Crippen LogP contribution in [0.4, 0.5) is 0 Å². The first-order valence-electron chi connectivity index (χ1n) is 5.87. The van der Waals surface area contributed by atoms with Crippen LogP contribution in [0.25, 0.3) is 0 Å². The van der Waals surface area contributed by atoms with Crippen LogP contribution in [0.15, 0.2) is 12.7 Å². The fourth-order valence-electron chi connectivity index (χ4n) is 1.94. The van der Waals surface area contributed by atoms with Crippen molar-refractivity contribution in [2.24, 2.45) is 0 Å². The Morgan fingerprint density at radius 1 is 1.57 bits per heavy atom. The molecule has 0 spiro atoms. The zero-order chi connectivity index (χ0) is 10.4. The lowest BCUT2D eigenvalue weighted by Gasteiger charge is -2.28. The molecule has 0 aliphatic heterocycles. The molecule has 0 amide bonds. The zero-order valence-corrected chi connectivity index (χ0v) is 9.63. The molecule has 82 valence electrons. The van der Waals surface area contributed by atoms with Gasteiger partial charge in [-0.05, 0) is 32.7 Å². The molecule has 2 heteroatoms. The molecule has 1 saturated carbocycles. The summed E-state index contributed by atoms with van der Waals surface area (Å²) >= 11 is 0. The molecule has 2 nitrogen and oxygen atoms in total. The Hall–Kier alpha value is -0.340. The lowest BCUT2D eigenvalue weighted by Crippen LogP contribution is -2.42. The summed E-state index contributed by atoms with van der Waals surface area (Å²) in [5.41, 5.74) is 0. The standard InChI is InChI=1S/C12H24N2/c1-4-8-13-10-11(3)14(9-5-2)12-6-7-12/h4,11-13H,1,5-10H2,2-3H3. The Morgan fingerprint density at radius 2 is 2.29 bits per heavy atom. The molecule has 1 rings (SSSR count). The fourth-order valence-corrected chi connectivity index (χ4v) is 1.94. The summed E-state index contributed by atoms with van der Waals surface area (Å²) in [5, 5.41) is 3.40. The van der Waals surface area contributed by atoms with E-state index in [0.717, 1.165) is 19.1 Å². The summed E-state index contributed by atoms with van der Waals surface area (Å²) < 4.78 is 0. The summed E-state index contributed by atoms with van der Waals surface area (Å²) in [5.74, 6) is 0. The van der Waals surface area contributed by atoms with Crippen LogP contribution in [0.5, 0.6) is 0 Å². The lowest BCUT2D eigenvalue weighted by molar-refractivity contribution is 0.196. The van der Waals surface area contributed by atoms with Gasteiger partial charge in [-0.1, -0.05) is 13.0 Å². The first kappa shape index (κ1) is 11.7. The quantitative estimate of drug-likeness (QED) is 0.472. The average molecular weight is 196 g/mol. The van der Waals surface area contributed by atoms with Gasteiger partial charge in [0.15, 0.2) is 0 Å². The highest BCUT2D eigenvalue weighted by Gasteiger charge is 2.30. The minimum absolute atomic E-state index is 0.669. The minimum atomic E-state index is 0.669. The van der Waals surface area contributed by atoms with Gasteiger partial charge in [0.1, 0.15) is 0 Å². The van der Waals surface area contributed by atoms with Gasteiger partial charge in [0, 0.05) is 25.2 Å². The second kappa shape index (κ2) is 6.20. The van der Waals surface area contributed by atoms with Gasteiger partial charge in [-0.25, -0.2) is 0 Å². The average Bonchev–Trinajstić information content (AvgIpc) is 2.98. The van der Waals surface area contributed by atoms with Crippen molar-refractivity contribution in [2.75, 3.05) is 19.6 Å². The van der Waals surface area contributed by atoms with Gasteiger partial charge in [0.05, 0.1) is 0 Å². The molecule has 0 saturated heterocycles. The predicted molar refractivity (Wildman–Crippen MR) is 62.5 cm³/mol. The normalized spacial score (nSPS) is 18.5. The maximum Gasteiger partial charge on any atom is 0.0195 e. The highest BCUT2D eigenvalue weighted by molar-refractivity contribution is 4.88. The molecule has 1 atom stereocenters. The Balaban J connectivity index is 2.22. The topological polar surface area (TPSA) is 15.3 Å². The maximum absolute atomic E-state index is 3.71. The summed E-state index contributed by atoms with van der Waals surface area (Å²) in [4.78, 5) is 2.65. The second-order valence-corrected chi connectivity index (χ2v) is 4.26. The molecule has 0 bridgehead atoms. The van der Waals surface area contributed by atoms with Gasteiger partial charge >= 0.3 is 0 Å². The molecule has 0 aromatic rings. The third-order valence-corrected chi connectivity index (χ3v) is 2.79. The number of nitrogens with one attached hydrogen (secondary N) is 1. The summed E-state index contributed by atoms with van der Waals surface area (Å²) in [6, 6.07) is 1.55. The molecule has 1 N–H and O–H groups in total. The zero-order valence-electron chi connectivity index (χ0n) is 9.63. The molecular weight excluding hydrogens is 172 g/mol. The van der Waals surface area contributed by atoms with Crippen molar-refractivity contribution in [1.29, 1.82) is 0 Å². The Kier molecular flexibility index (Phi) is 5.20. The molecule has 0 radical (unpaired) electrons. The number of rotatable bonds is 8. The molecule has 0 aromatic carbocycles. The minimum Gasteiger partial charge on any atom is -0.312 e. The van der Waals surface area contributed by atoms with E-state index in [-0.39, 0.29) is 0 Å². The molecule has 14 heavy (non-hydrogen) atoms. The molecule has 1 unspecified atom stereocenters. The Labute approximate surface area is 88.4 Å². The third kappa shape index (κ3) is 3.81. The lowest BCUT2D eigenvalue weighted by atomic mass is 10.2. The number of hydrogen-bond acceptors (Lipinski definition) is 2.